The number of methoxy groups -OCH3 is 1. The predicted octanol–water partition coefficient (Wildman–Crippen LogP) is 5.71. The Morgan fingerprint density at radius 3 is 2.63 bits per heavy atom. The zero-order valence-electron chi connectivity index (χ0n) is 21.9. The lowest BCUT2D eigenvalue weighted by molar-refractivity contribution is -0.128. The first-order valence-corrected chi connectivity index (χ1v) is 13.3. The Morgan fingerprint density at radius 1 is 1.11 bits per heavy atom. The third-order valence-electron chi connectivity index (χ3n) is 7.97. The molecule has 1 atom stereocenters. The molecule has 35 heavy (non-hydrogen) atoms. The highest BCUT2D eigenvalue weighted by Crippen LogP contribution is 2.38. The van der Waals surface area contributed by atoms with Crippen molar-refractivity contribution in [2.45, 2.75) is 77.9 Å². The molecule has 0 radical (unpaired) electrons. The van der Waals surface area contributed by atoms with E-state index >= 15 is 0 Å². The number of amides is 1. The van der Waals surface area contributed by atoms with Crippen molar-refractivity contribution < 1.29 is 14.3 Å². The molecule has 1 fully saturated rings. The second-order valence-electron chi connectivity index (χ2n) is 10.8. The number of likely N-dealkylation sites (tertiary alicyclic amines) is 1. The summed E-state index contributed by atoms with van der Waals surface area (Å²) in [5.41, 5.74) is 3.99. The molecule has 190 valence electrons. The van der Waals surface area contributed by atoms with Crippen LogP contribution >= 0.6 is 0 Å². The van der Waals surface area contributed by atoms with Gasteiger partial charge in [0.1, 0.15) is 11.5 Å². The van der Waals surface area contributed by atoms with Gasteiger partial charge in [0.15, 0.2) is 6.10 Å². The Bertz CT molecular complexity index is 995. The van der Waals surface area contributed by atoms with Gasteiger partial charge in [-0.1, -0.05) is 50.6 Å². The molecule has 0 aliphatic carbocycles. The lowest BCUT2D eigenvalue weighted by Crippen LogP contribution is -2.48. The summed E-state index contributed by atoms with van der Waals surface area (Å²) < 4.78 is 11.7. The van der Waals surface area contributed by atoms with Gasteiger partial charge in [0, 0.05) is 18.7 Å². The topological polar surface area (TPSA) is 50.8 Å². The molecule has 2 aromatic carbocycles. The number of hydrogen-bond donors (Lipinski definition) is 1. The van der Waals surface area contributed by atoms with Crippen LogP contribution in [-0.4, -0.2) is 43.7 Å². The SMILES string of the molecule is COc1ccc(C(C)C)cc1CN1CCC2(CCCCc3ccccc3O[C@H](C)C(=O)NC2)CC1. The molecule has 0 bridgehead atoms. The van der Waals surface area contributed by atoms with Crippen LogP contribution in [0.2, 0.25) is 0 Å². The van der Waals surface area contributed by atoms with Crippen molar-refractivity contribution in [1.29, 1.82) is 0 Å². The molecule has 2 aromatic rings. The van der Waals surface area contributed by atoms with Gasteiger partial charge in [-0.05, 0) is 86.7 Å². The lowest BCUT2D eigenvalue weighted by Gasteiger charge is -2.42. The summed E-state index contributed by atoms with van der Waals surface area (Å²) in [6, 6.07) is 14.7. The average Bonchev–Trinajstić information content (AvgIpc) is 2.86. The molecule has 2 aliphatic heterocycles. The van der Waals surface area contributed by atoms with Crippen LogP contribution in [0.5, 0.6) is 11.5 Å². The van der Waals surface area contributed by atoms with Crippen molar-refractivity contribution in [2.75, 3.05) is 26.7 Å². The molecule has 0 unspecified atom stereocenters. The number of para-hydroxylation sites is 1. The van der Waals surface area contributed by atoms with Gasteiger partial charge >= 0.3 is 0 Å². The summed E-state index contributed by atoms with van der Waals surface area (Å²) in [5.74, 6) is 2.30. The van der Waals surface area contributed by atoms with Crippen molar-refractivity contribution in [1.82, 2.24) is 10.2 Å². The van der Waals surface area contributed by atoms with Gasteiger partial charge in [0.05, 0.1) is 7.11 Å². The number of rotatable bonds is 4. The number of aryl methyl sites for hydroxylation is 1. The van der Waals surface area contributed by atoms with E-state index < -0.39 is 6.10 Å². The number of nitrogens with zero attached hydrogens (tertiary/aromatic N) is 1. The van der Waals surface area contributed by atoms with E-state index in [1.807, 2.05) is 19.1 Å². The van der Waals surface area contributed by atoms with Crippen molar-refractivity contribution >= 4 is 5.91 Å². The number of carbonyl (C=O) groups is 1. The monoisotopic (exact) mass is 478 g/mol. The summed E-state index contributed by atoms with van der Waals surface area (Å²) in [5, 5.41) is 3.24. The van der Waals surface area contributed by atoms with E-state index in [1.54, 1.807) is 7.11 Å². The van der Waals surface area contributed by atoms with Crippen LogP contribution in [0.25, 0.3) is 0 Å². The van der Waals surface area contributed by atoms with E-state index in [0.717, 1.165) is 69.8 Å². The Kier molecular flexibility index (Phi) is 8.38. The van der Waals surface area contributed by atoms with Crippen LogP contribution in [0, 0.1) is 5.41 Å². The molecule has 4 rings (SSSR count). The van der Waals surface area contributed by atoms with Crippen LogP contribution in [0.3, 0.4) is 0 Å². The van der Waals surface area contributed by atoms with E-state index in [9.17, 15) is 4.79 Å². The van der Waals surface area contributed by atoms with Gasteiger partial charge in [0.2, 0.25) is 0 Å². The van der Waals surface area contributed by atoms with E-state index in [0.29, 0.717) is 5.92 Å². The van der Waals surface area contributed by atoms with Crippen molar-refractivity contribution in [3.05, 3.63) is 59.2 Å². The van der Waals surface area contributed by atoms with Gasteiger partial charge in [-0.2, -0.15) is 0 Å². The third-order valence-corrected chi connectivity index (χ3v) is 7.97. The predicted molar refractivity (Wildman–Crippen MR) is 141 cm³/mol. The quantitative estimate of drug-likeness (QED) is 0.611. The van der Waals surface area contributed by atoms with E-state index in [2.05, 4.69) is 54.4 Å². The first-order valence-electron chi connectivity index (χ1n) is 13.3. The maximum atomic E-state index is 12.9. The number of carbonyl (C=O) groups excluding carboxylic acids is 1. The normalized spacial score (nSPS) is 21.4. The fourth-order valence-electron chi connectivity index (χ4n) is 5.53. The fourth-order valence-corrected chi connectivity index (χ4v) is 5.53. The molecule has 1 amide bonds. The van der Waals surface area contributed by atoms with Gasteiger partial charge in [-0.25, -0.2) is 0 Å². The number of ether oxygens (including phenoxy) is 2. The Hall–Kier alpha value is -2.53. The standard InChI is InChI=1S/C30H42N2O3/c1-22(2)25-12-13-27(34-4)26(19-25)20-32-17-15-30(16-18-32)14-8-7-10-24-9-5-6-11-28(24)35-23(3)29(33)31-21-30/h5-6,9,11-13,19,22-23H,7-8,10,14-18,20-21H2,1-4H3,(H,31,33)/t23-/m1/s1. The van der Waals surface area contributed by atoms with Crippen molar-refractivity contribution in [3.8, 4) is 11.5 Å². The highest BCUT2D eigenvalue weighted by molar-refractivity contribution is 5.80. The van der Waals surface area contributed by atoms with Crippen LogP contribution in [0.4, 0.5) is 0 Å². The molecule has 0 aromatic heterocycles. The lowest BCUT2D eigenvalue weighted by atomic mass is 9.74. The molecule has 5 nitrogen and oxygen atoms in total. The molecule has 1 spiro atoms. The van der Waals surface area contributed by atoms with Gasteiger partial charge in [-0.15, -0.1) is 0 Å². The van der Waals surface area contributed by atoms with Crippen LogP contribution < -0.4 is 14.8 Å². The van der Waals surface area contributed by atoms with E-state index in [-0.39, 0.29) is 11.3 Å². The zero-order valence-corrected chi connectivity index (χ0v) is 21.9. The minimum atomic E-state index is -0.492. The molecule has 2 heterocycles. The summed E-state index contributed by atoms with van der Waals surface area (Å²) in [6.45, 7) is 10.1. The number of benzene rings is 2. The number of hydrogen-bond acceptors (Lipinski definition) is 4. The second-order valence-corrected chi connectivity index (χ2v) is 10.8. The summed E-state index contributed by atoms with van der Waals surface area (Å²) in [6.07, 6.45) is 6.19. The molecule has 1 N–H and O–H groups in total. The zero-order chi connectivity index (χ0) is 24.8. The first-order chi connectivity index (χ1) is 16.9. The highest BCUT2D eigenvalue weighted by Gasteiger charge is 2.35. The number of fused-ring (bicyclic) bond motifs is 1. The average molecular weight is 479 g/mol. The van der Waals surface area contributed by atoms with Gasteiger partial charge < -0.3 is 14.8 Å². The molecular formula is C30H42N2O3. The largest absolute Gasteiger partial charge is 0.496 e. The van der Waals surface area contributed by atoms with Gasteiger partial charge in [0.25, 0.3) is 5.91 Å². The number of nitrogens with one attached hydrogen (secondary N) is 1. The van der Waals surface area contributed by atoms with Gasteiger partial charge in [-0.3, -0.25) is 9.69 Å². The molecule has 5 heteroatoms. The van der Waals surface area contributed by atoms with Crippen molar-refractivity contribution in [2.24, 2.45) is 5.41 Å². The minimum Gasteiger partial charge on any atom is -0.496 e. The fraction of sp³-hybridized carbons (Fsp3) is 0.567. The summed E-state index contributed by atoms with van der Waals surface area (Å²) in [7, 11) is 1.76. The molecule has 2 aliphatic rings. The Balaban J connectivity index is 1.42. The Labute approximate surface area is 211 Å². The minimum absolute atomic E-state index is 0.0163. The smallest absolute Gasteiger partial charge is 0.260 e. The van der Waals surface area contributed by atoms with Crippen molar-refractivity contribution in [3.63, 3.8) is 0 Å². The molecule has 0 saturated carbocycles. The maximum absolute atomic E-state index is 12.9. The number of piperidine rings is 1. The van der Waals surface area contributed by atoms with Crippen LogP contribution in [0.1, 0.15) is 75.5 Å². The first kappa shape index (κ1) is 25.6. The van der Waals surface area contributed by atoms with E-state index in [4.69, 9.17) is 9.47 Å². The Morgan fingerprint density at radius 2 is 1.89 bits per heavy atom. The third kappa shape index (κ3) is 6.38. The summed E-state index contributed by atoms with van der Waals surface area (Å²) in [4.78, 5) is 15.4. The highest BCUT2D eigenvalue weighted by atomic mass is 16.5. The summed E-state index contributed by atoms with van der Waals surface area (Å²) >= 11 is 0. The molecule has 1 saturated heterocycles. The molecular weight excluding hydrogens is 436 g/mol. The second kappa shape index (κ2) is 11.5. The van der Waals surface area contributed by atoms with E-state index in [1.165, 1.54) is 23.1 Å². The maximum Gasteiger partial charge on any atom is 0.260 e. The van der Waals surface area contributed by atoms with Crippen LogP contribution in [-0.2, 0) is 17.8 Å². The van der Waals surface area contributed by atoms with Crippen LogP contribution in [0.15, 0.2) is 42.5 Å².